The molecule has 0 aliphatic heterocycles. The highest BCUT2D eigenvalue weighted by atomic mass is 16.5. The van der Waals surface area contributed by atoms with Gasteiger partial charge in [-0.1, -0.05) is 42.5 Å². The number of benzene rings is 2. The van der Waals surface area contributed by atoms with Gasteiger partial charge in [-0.15, -0.1) is 0 Å². The Hall–Kier alpha value is -3.70. The highest BCUT2D eigenvalue weighted by molar-refractivity contribution is 6.15. The Bertz CT molecular complexity index is 1050. The molecule has 5 heteroatoms. The molecule has 0 saturated carbocycles. The van der Waals surface area contributed by atoms with Crippen molar-refractivity contribution in [3.05, 3.63) is 95.3 Å². The van der Waals surface area contributed by atoms with E-state index >= 15 is 0 Å². The molecule has 0 heterocycles. The number of aldehydes is 2. The summed E-state index contributed by atoms with van der Waals surface area (Å²) in [5, 5.41) is 3.11. The third-order valence-electron chi connectivity index (χ3n) is 4.88. The molecule has 0 amide bonds. The molecule has 3 rings (SSSR count). The molecule has 0 bridgehead atoms. The van der Waals surface area contributed by atoms with Crippen LogP contribution < -0.4 is 15.8 Å². The van der Waals surface area contributed by atoms with E-state index in [1.165, 1.54) is 0 Å². The van der Waals surface area contributed by atoms with Crippen LogP contribution in [0.4, 0.5) is 5.69 Å². The van der Waals surface area contributed by atoms with E-state index in [1.807, 2.05) is 86.0 Å². The maximum absolute atomic E-state index is 11.7. The van der Waals surface area contributed by atoms with Gasteiger partial charge in [0.05, 0.1) is 6.04 Å². The summed E-state index contributed by atoms with van der Waals surface area (Å²) in [4.78, 5) is 22.4. The van der Waals surface area contributed by atoms with Crippen LogP contribution >= 0.6 is 0 Å². The fraction of sp³-hybridized carbons (Fsp3) is 0.154. The molecule has 1 unspecified atom stereocenters. The van der Waals surface area contributed by atoms with Gasteiger partial charge in [0.25, 0.3) is 0 Å². The molecule has 1 aliphatic carbocycles. The van der Waals surface area contributed by atoms with Gasteiger partial charge >= 0.3 is 0 Å². The Kier molecular flexibility index (Phi) is 7.73. The van der Waals surface area contributed by atoms with Crippen LogP contribution in [0, 0.1) is 0 Å². The number of carbonyl (C=O) groups is 2. The van der Waals surface area contributed by atoms with Gasteiger partial charge in [0.15, 0.2) is 6.29 Å². The van der Waals surface area contributed by atoms with Gasteiger partial charge in [-0.2, -0.15) is 0 Å². The van der Waals surface area contributed by atoms with Crippen LogP contribution in [0.15, 0.2) is 84.2 Å². The fourth-order valence-corrected chi connectivity index (χ4v) is 3.27. The van der Waals surface area contributed by atoms with Crippen LogP contribution in [0.5, 0.6) is 5.75 Å². The monoisotopic (exact) mass is 414 g/mol. The number of nitrogens with two attached hydrogens (primary N) is 1. The number of nitrogens with one attached hydrogen (secondary N) is 1. The van der Waals surface area contributed by atoms with E-state index in [0.29, 0.717) is 24.2 Å². The van der Waals surface area contributed by atoms with Crippen LogP contribution in [-0.2, 0) is 9.59 Å². The van der Waals surface area contributed by atoms with Crippen molar-refractivity contribution in [2.24, 2.45) is 5.73 Å². The molecule has 2 aromatic carbocycles. The zero-order chi connectivity index (χ0) is 22.1. The van der Waals surface area contributed by atoms with Crippen molar-refractivity contribution in [3.8, 4) is 5.75 Å². The fourth-order valence-electron chi connectivity index (χ4n) is 3.27. The topological polar surface area (TPSA) is 81.4 Å². The Balaban J connectivity index is 1.70. The predicted molar refractivity (Wildman–Crippen MR) is 126 cm³/mol. The summed E-state index contributed by atoms with van der Waals surface area (Å²) in [6.45, 7) is 0. The average molecular weight is 415 g/mol. The van der Waals surface area contributed by atoms with Gasteiger partial charge in [0.1, 0.15) is 17.8 Å². The summed E-state index contributed by atoms with van der Waals surface area (Å²) in [5.74, 6) is 1.43. The van der Waals surface area contributed by atoms with E-state index in [0.717, 1.165) is 40.7 Å². The Labute approximate surface area is 182 Å². The molecule has 0 radical (unpaired) electrons. The number of para-hydroxylation sites is 1. The number of hydrogen-bond acceptors (Lipinski definition) is 5. The lowest BCUT2D eigenvalue weighted by atomic mass is 10.0. The molecule has 0 saturated heterocycles. The van der Waals surface area contributed by atoms with Gasteiger partial charge in [-0.25, -0.2) is 0 Å². The van der Waals surface area contributed by atoms with E-state index in [1.54, 1.807) is 0 Å². The largest absolute Gasteiger partial charge is 0.458 e. The van der Waals surface area contributed by atoms with Crippen molar-refractivity contribution in [2.75, 3.05) is 12.4 Å². The van der Waals surface area contributed by atoms with Crippen LogP contribution in [0.25, 0.3) is 11.6 Å². The van der Waals surface area contributed by atoms with Gasteiger partial charge < -0.3 is 20.6 Å². The molecule has 31 heavy (non-hydrogen) atoms. The zero-order valence-electron chi connectivity index (χ0n) is 17.5. The van der Waals surface area contributed by atoms with Gasteiger partial charge in [0.2, 0.25) is 0 Å². The number of ether oxygens (including phenoxy) is 1. The lowest BCUT2D eigenvalue weighted by molar-refractivity contribution is -0.108. The second-order valence-electron chi connectivity index (χ2n) is 7.14. The molecule has 5 nitrogen and oxygen atoms in total. The minimum atomic E-state index is -0.490. The molecule has 1 aliphatic rings. The third-order valence-corrected chi connectivity index (χ3v) is 4.88. The second-order valence-corrected chi connectivity index (χ2v) is 7.14. The molecular formula is C26H26N2O3. The number of allylic oxidation sites excluding steroid dienone is 5. The minimum absolute atomic E-state index is 0.490. The summed E-state index contributed by atoms with van der Waals surface area (Å²) < 4.78 is 5.96. The Morgan fingerprint density at radius 3 is 2.58 bits per heavy atom. The summed E-state index contributed by atoms with van der Waals surface area (Å²) in [7, 11) is 1.83. The maximum Gasteiger partial charge on any atom is 0.150 e. The summed E-state index contributed by atoms with van der Waals surface area (Å²) in [6, 6.07) is 14.8. The molecular weight excluding hydrogens is 388 g/mol. The van der Waals surface area contributed by atoms with E-state index in [9.17, 15) is 9.59 Å². The first kappa shape index (κ1) is 22.0. The molecule has 2 aromatic rings. The van der Waals surface area contributed by atoms with E-state index in [-0.39, 0.29) is 0 Å². The predicted octanol–water partition coefficient (Wildman–Crippen LogP) is 4.53. The summed E-state index contributed by atoms with van der Waals surface area (Å²) in [5.41, 5.74) is 9.97. The van der Waals surface area contributed by atoms with Crippen molar-refractivity contribution in [2.45, 2.75) is 18.9 Å². The van der Waals surface area contributed by atoms with Crippen LogP contribution in [0.3, 0.4) is 0 Å². The number of rotatable bonds is 9. The van der Waals surface area contributed by atoms with Crippen molar-refractivity contribution in [3.63, 3.8) is 0 Å². The van der Waals surface area contributed by atoms with Crippen molar-refractivity contribution < 1.29 is 14.3 Å². The average Bonchev–Trinajstić information content (AvgIpc) is 3.03. The lowest BCUT2D eigenvalue weighted by Gasteiger charge is -2.09. The Morgan fingerprint density at radius 1 is 1.10 bits per heavy atom. The molecule has 3 N–H and O–H groups in total. The molecule has 0 fully saturated rings. The van der Waals surface area contributed by atoms with Crippen molar-refractivity contribution in [1.82, 2.24) is 0 Å². The first-order valence-corrected chi connectivity index (χ1v) is 10.1. The third kappa shape index (κ3) is 6.14. The van der Waals surface area contributed by atoms with E-state index < -0.39 is 6.04 Å². The SMILES string of the molecule is CNc1ccccc1/C(C=O)=C\c1ccc(OC2=CCC=C(CC(N)C=O)C=C2)cc1. The van der Waals surface area contributed by atoms with Crippen molar-refractivity contribution in [1.29, 1.82) is 0 Å². The highest BCUT2D eigenvalue weighted by Crippen LogP contribution is 2.25. The molecule has 0 aromatic heterocycles. The van der Waals surface area contributed by atoms with Gasteiger partial charge in [-0.05, 0) is 60.4 Å². The van der Waals surface area contributed by atoms with E-state index in [4.69, 9.17) is 10.5 Å². The Morgan fingerprint density at radius 2 is 1.87 bits per heavy atom. The molecule has 1 atom stereocenters. The number of hydrogen-bond donors (Lipinski definition) is 2. The quantitative estimate of drug-likeness (QED) is 0.358. The summed E-state index contributed by atoms with van der Waals surface area (Å²) >= 11 is 0. The zero-order valence-corrected chi connectivity index (χ0v) is 17.5. The van der Waals surface area contributed by atoms with E-state index in [2.05, 4.69) is 5.32 Å². The normalized spacial score (nSPS) is 14.7. The van der Waals surface area contributed by atoms with Gasteiger partial charge in [-0.3, -0.25) is 4.79 Å². The lowest BCUT2D eigenvalue weighted by Crippen LogP contribution is -2.21. The highest BCUT2D eigenvalue weighted by Gasteiger charge is 2.08. The molecule has 0 spiro atoms. The second kappa shape index (κ2) is 10.9. The first-order chi connectivity index (χ1) is 15.1. The maximum atomic E-state index is 11.7. The van der Waals surface area contributed by atoms with Crippen molar-refractivity contribution >= 4 is 29.9 Å². The smallest absolute Gasteiger partial charge is 0.150 e. The first-order valence-electron chi connectivity index (χ1n) is 10.1. The summed E-state index contributed by atoms with van der Waals surface area (Å²) in [6.07, 6.45) is 12.5. The minimum Gasteiger partial charge on any atom is -0.458 e. The van der Waals surface area contributed by atoms with Crippen LogP contribution in [0.1, 0.15) is 24.0 Å². The van der Waals surface area contributed by atoms with Crippen LogP contribution in [-0.4, -0.2) is 25.7 Å². The number of anilines is 1. The standard InChI is InChI=1S/C26H26N2O3/c1-28-26-8-3-2-7-25(26)21(17-29)15-20-10-13-24(14-11-20)31-23-6-4-5-19(9-12-23)16-22(27)18-30/h2-3,5-15,17-18,22,28H,4,16,27H2,1H3/b21-15-. The molecule has 158 valence electrons. The van der Waals surface area contributed by atoms with Gasteiger partial charge in [0, 0.05) is 23.9 Å². The number of carbonyl (C=O) groups excluding carboxylic acids is 2. The van der Waals surface area contributed by atoms with Crippen LogP contribution in [0.2, 0.25) is 0 Å².